The van der Waals surface area contributed by atoms with Crippen LogP contribution in [0.25, 0.3) is 10.9 Å². The number of aromatic nitrogens is 1. The Balaban J connectivity index is 1.41. The van der Waals surface area contributed by atoms with Crippen LogP contribution < -0.4 is 9.47 Å². The smallest absolute Gasteiger partial charge is 0.488 e. The van der Waals surface area contributed by atoms with Crippen LogP contribution >= 0.6 is 0 Å². The van der Waals surface area contributed by atoms with E-state index in [2.05, 4.69) is 9.72 Å². The molecule has 0 amide bonds. The molecular weight excluding hydrogens is 433 g/mol. The van der Waals surface area contributed by atoms with Gasteiger partial charge in [-0.05, 0) is 49.2 Å². The average molecular weight is 452 g/mol. The molecule has 4 rings (SSSR count). The molecular formula is C21H19F3N2O4S. The molecule has 0 radical (unpaired) electrons. The molecule has 0 atom stereocenters. The average Bonchev–Trinajstić information content (AvgIpc) is 2.74. The monoisotopic (exact) mass is 452 g/mol. The van der Waals surface area contributed by atoms with Crippen molar-refractivity contribution in [1.82, 2.24) is 9.29 Å². The second kappa shape index (κ2) is 8.35. The molecule has 1 saturated heterocycles. The normalized spacial score (nSPS) is 16.4. The summed E-state index contributed by atoms with van der Waals surface area (Å²) in [5.74, 6) is 0.182. The van der Waals surface area contributed by atoms with Crippen LogP contribution in [0.5, 0.6) is 11.5 Å². The van der Waals surface area contributed by atoms with Gasteiger partial charge in [0.25, 0.3) is 0 Å². The first-order valence-corrected chi connectivity index (χ1v) is 11.0. The standard InChI is InChI=1S/C21H19F3N2O4S/c22-21(23,24)30-17-6-8-18(9-7-17)31(27,28)26-13-10-16(11-14-26)29-19-5-1-3-15-4-2-12-25-20(15)19/h1-9,12,16H,10-11,13-14H2. The van der Waals surface area contributed by atoms with E-state index in [9.17, 15) is 21.6 Å². The number of nitrogens with zero attached hydrogens (tertiary/aromatic N) is 2. The van der Waals surface area contributed by atoms with E-state index in [1.54, 1.807) is 6.20 Å². The highest BCUT2D eigenvalue weighted by Crippen LogP contribution is 2.29. The number of para-hydroxylation sites is 1. The molecule has 10 heteroatoms. The third kappa shape index (κ3) is 4.91. The molecule has 2 heterocycles. The van der Waals surface area contributed by atoms with Gasteiger partial charge in [0.05, 0.1) is 4.90 Å². The minimum absolute atomic E-state index is 0.0837. The van der Waals surface area contributed by atoms with E-state index < -0.39 is 22.1 Å². The van der Waals surface area contributed by atoms with Crippen molar-refractivity contribution >= 4 is 20.9 Å². The number of piperidine rings is 1. The molecule has 31 heavy (non-hydrogen) atoms. The first kappa shape index (κ1) is 21.4. The Morgan fingerprint density at radius 2 is 1.65 bits per heavy atom. The number of rotatable bonds is 5. The van der Waals surface area contributed by atoms with Crippen molar-refractivity contribution in [2.24, 2.45) is 0 Å². The van der Waals surface area contributed by atoms with E-state index in [4.69, 9.17) is 4.74 Å². The molecule has 6 nitrogen and oxygen atoms in total. The lowest BCUT2D eigenvalue weighted by Gasteiger charge is -2.31. The summed E-state index contributed by atoms with van der Waals surface area (Å²) in [5, 5.41) is 0.956. The Morgan fingerprint density at radius 1 is 0.968 bits per heavy atom. The van der Waals surface area contributed by atoms with Crippen LogP contribution in [0.4, 0.5) is 13.2 Å². The van der Waals surface area contributed by atoms with E-state index >= 15 is 0 Å². The Morgan fingerprint density at radius 3 is 2.32 bits per heavy atom. The molecule has 0 N–H and O–H groups in total. The molecule has 0 aliphatic carbocycles. The number of sulfonamides is 1. The van der Waals surface area contributed by atoms with Crippen LogP contribution in [0.15, 0.2) is 65.7 Å². The van der Waals surface area contributed by atoms with Gasteiger partial charge in [-0.2, -0.15) is 4.31 Å². The summed E-state index contributed by atoms with van der Waals surface area (Å²) in [4.78, 5) is 4.27. The third-order valence-corrected chi connectivity index (χ3v) is 6.90. The second-order valence-corrected chi connectivity index (χ2v) is 9.01. The van der Waals surface area contributed by atoms with Gasteiger partial charge in [0.2, 0.25) is 10.0 Å². The lowest BCUT2D eigenvalue weighted by atomic mass is 10.1. The zero-order valence-electron chi connectivity index (χ0n) is 16.2. The maximum atomic E-state index is 12.8. The number of fused-ring (bicyclic) bond motifs is 1. The summed E-state index contributed by atoms with van der Waals surface area (Å²) in [7, 11) is -3.82. The van der Waals surface area contributed by atoms with Gasteiger partial charge in [0, 0.05) is 24.7 Å². The summed E-state index contributed by atoms with van der Waals surface area (Å²) in [6.07, 6.45) is -2.34. The van der Waals surface area contributed by atoms with E-state index in [1.807, 2.05) is 30.3 Å². The zero-order chi connectivity index (χ0) is 22.1. The van der Waals surface area contributed by atoms with Crippen LogP contribution in [0.1, 0.15) is 12.8 Å². The van der Waals surface area contributed by atoms with E-state index in [1.165, 1.54) is 4.31 Å². The van der Waals surface area contributed by atoms with E-state index in [-0.39, 0.29) is 24.1 Å². The first-order valence-electron chi connectivity index (χ1n) is 9.59. The molecule has 0 spiro atoms. The van der Waals surface area contributed by atoms with Gasteiger partial charge >= 0.3 is 6.36 Å². The molecule has 1 aliphatic rings. The molecule has 1 aromatic heterocycles. The quantitative estimate of drug-likeness (QED) is 0.575. The maximum absolute atomic E-state index is 12.8. The fraction of sp³-hybridized carbons (Fsp3) is 0.286. The van der Waals surface area contributed by atoms with E-state index in [0.717, 1.165) is 35.2 Å². The fourth-order valence-corrected chi connectivity index (χ4v) is 4.97. The van der Waals surface area contributed by atoms with Crippen LogP contribution in [-0.2, 0) is 10.0 Å². The Hall–Kier alpha value is -2.85. The van der Waals surface area contributed by atoms with Gasteiger partial charge in [-0.25, -0.2) is 8.42 Å². The zero-order valence-corrected chi connectivity index (χ0v) is 17.1. The summed E-state index contributed by atoms with van der Waals surface area (Å²) in [6.45, 7) is 0.484. The van der Waals surface area contributed by atoms with Crippen molar-refractivity contribution in [3.63, 3.8) is 0 Å². The van der Waals surface area contributed by atoms with Crippen molar-refractivity contribution in [1.29, 1.82) is 0 Å². The summed E-state index contributed by atoms with van der Waals surface area (Å²) < 4.78 is 73.7. The Kier molecular flexibility index (Phi) is 5.76. The van der Waals surface area contributed by atoms with Gasteiger partial charge in [0.15, 0.2) is 0 Å². The highest BCUT2D eigenvalue weighted by Gasteiger charge is 2.32. The molecule has 0 saturated carbocycles. The summed E-state index contributed by atoms with van der Waals surface area (Å²) >= 11 is 0. The lowest BCUT2D eigenvalue weighted by molar-refractivity contribution is -0.274. The predicted octanol–water partition coefficient (Wildman–Crippen LogP) is 4.37. The molecule has 164 valence electrons. The summed E-state index contributed by atoms with van der Waals surface area (Å²) in [5.41, 5.74) is 0.751. The lowest BCUT2D eigenvalue weighted by Crippen LogP contribution is -2.41. The topological polar surface area (TPSA) is 68.7 Å². The fourth-order valence-electron chi connectivity index (χ4n) is 3.50. The largest absolute Gasteiger partial charge is 0.573 e. The minimum Gasteiger partial charge on any atom is -0.488 e. The highest BCUT2D eigenvalue weighted by atomic mass is 32.2. The molecule has 0 unspecified atom stereocenters. The van der Waals surface area contributed by atoms with E-state index in [0.29, 0.717) is 18.6 Å². The van der Waals surface area contributed by atoms with Crippen LogP contribution in [0.3, 0.4) is 0 Å². The number of alkyl halides is 3. The van der Waals surface area contributed by atoms with Gasteiger partial charge < -0.3 is 9.47 Å². The minimum atomic E-state index is -4.83. The van der Waals surface area contributed by atoms with Crippen molar-refractivity contribution in [2.75, 3.05) is 13.1 Å². The molecule has 1 aliphatic heterocycles. The second-order valence-electron chi connectivity index (χ2n) is 7.07. The maximum Gasteiger partial charge on any atom is 0.573 e. The molecule has 0 bridgehead atoms. The molecule has 3 aromatic rings. The SMILES string of the molecule is O=S(=O)(c1ccc(OC(F)(F)F)cc1)N1CCC(Oc2cccc3cccnc23)CC1. The predicted molar refractivity (Wildman–Crippen MR) is 107 cm³/mol. The van der Waals surface area contributed by atoms with Crippen molar-refractivity contribution in [3.8, 4) is 11.5 Å². The third-order valence-electron chi connectivity index (χ3n) is 4.99. The van der Waals surface area contributed by atoms with Gasteiger partial charge in [0.1, 0.15) is 23.1 Å². The first-order chi connectivity index (χ1) is 14.7. The highest BCUT2D eigenvalue weighted by molar-refractivity contribution is 7.89. The van der Waals surface area contributed by atoms with Crippen molar-refractivity contribution in [2.45, 2.75) is 30.2 Å². The number of pyridine rings is 1. The van der Waals surface area contributed by atoms with Gasteiger partial charge in [-0.3, -0.25) is 4.98 Å². The number of halogens is 3. The van der Waals surface area contributed by atoms with Crippen LogP contribution in [-0.4, -0.2) is 43.3 Å². The molecule has 2 aromatic carbocycles. The van der Waals surface area contributed by atoms with Gasteiger partial charge in [-0.1, -0.05) is 18.2 Å². The summed E-state index contributed by atoms with van der Waals surface area (Å²) in [6, 6.07) is 13.6. The Bertz CT molecular complexity index is 1150. The van der Waals surface area contributed by atoms with Crippen LogP contribution in [0, 0.1) is 0 Å². The van der Waals surface area contributed by atoms with Gasteiger partial charge in [-0.15, -0.1) is 13.2 Å². The van der Waals surface area contributed by atoms with Crippen molar-refractivity contribution in [3.05, 3.63) is 60.8 Å². The number of hydrogen-bond donors (Lipinski definition) is 0. The van der Waals surface area contributed by atoms with Crippen molar-refractivity contribution < 1.29 is 31.1 Å². The Labute approximate surface area is 177 Å². The van der Waals surface area contributed by atoms with Crippen LogP contribution in [0.2, 0.25) is 0 Å². The molecule has 1 fully saturated rings. The number of ether oxygens (including phenoxy) is 2. The number of hydrogen-bond acceptors (Lipinski definition) is 5. The number of benzene rings is 2.